The fourth-order valence-electron chi connectivity index (χ4n) is 1.58. The molecule has 2 atom stereocenters. The molecule has 0 aliphatic rings. The summed E-state index contributed by atoms with van der Waals surface area (Å²) >= 11 is 0.0555. The van der Waals surface area contributed by atoms with Gasteiger partial charge in [-0.25, -0.2) is 4.98 Å². The zero-order valence-corrected chi connectivity index (χ0v) is 14.2. The molecule has 2 aromatic heterocycles. The van der Waals surface area contributed by atoms with E-state index in [-0.39, 0.29) is 5.25 Å². The van der Waals surface area contributed by atoms with Gasteiger partial charge < -0.3 is 4.55 Å². The van der Waals surface area contributed by atoms with E-state index in [1.54, 1.807) is 6.20 Å². The molecule has 0 saturated heterocycles. The fourth-order valence-corrected chi connectivity index (χ4v) is 3.08. The van der Waals surface area contributed by atoms with Crippen molar-refractivity contribution in [1.29, 1.82) is 0 Å². The second-order valence-electron chi connectivity index (χ2n) is 4.78. The van der Waals surface area contributed by atoms with Crippen molar-refractivity contribution in [3.63, 3.8) is 0 Å². The predicted molar refractivity (Wildman–Crippen MR) is 88.0 cm³/mol. The third-order valence-electron chi connectivity index (χ3n) is 3.04. The van der Waals surface area contributed by atoms with Gasteiger partial charge in [-0.3, -0.25) is 4.98 Å². The summed E-state index contributed by atoms with van der Waals surface area (Å²) in [6, 6.07) is 3.82. The molecule has 2 unspecified atom stereocenters. The first-order valence-electron chi connectivity index (χ1n) is 6.74. The monoisotopic (exact) mass is 322 g/mol. The van der Waals surface area contributed by atoms with Gasteiger partial charge in [0.05, 0.1) is 11.4 Å². The molecule has 2 heterocycles. The lowest BCUT2D eigenvalue weighted by Crippen LogP contribution is -2.15. The molecule has 0 fully saturated rings. The van der Waals surface area contributed by atoms with E-state index < -0.39 is 11.4 Å². The Balaban J connectivity index is 2.21. The standard InChI is InChI=1S/C14H18N4OS2/c1-5-10(3)21(19)18-11(4)14-16-13(17-20-14)12-6-7-15-9(2)8-12/h6-8,10H,5H2,1-4H3. The Kier molecular flexibility index (Phi) is 5.44. The topological polar surface area (TPSA) is 74.1 Å². The highest BCUT2D eigenvalue weighted by molar-refractivity contribution is 7.90. The van der Waals surface area contributed by atoms with Crippen LogP contribution in [0.25, 0.3) is 11.4 Å². The summed E-state index contributed by atoms with van der Waals surface area (Å²) in [6.45, 7) is 7.68. The Hall–Kier alpha value is -1.31. The number of pyridine rings is 1. The van der Waals surface area contributed by atoms with Gasteiger partial charge in [-0.2, -0.15) is 4.37 Å². The van der Waals surface area contributed by atoms with Crippen LogP contribution >= 0.6 is 11.5 Å². The van der Waals surface area contributed by atoms with Crippen LogP contribution in [0.2, 0.25) is 0 Å². The van der Waals surface area contributed by atoms with Gasteiger partial charge in [-0.1, -0.05) is 11.3 Å². The summed E-state index contributed by atoms with van der Waals surface area (Å²) in [5.74, 6) is 0.657. The molecule has 0 spiro atoms. The van der Waals surface area contributed by atoms with Crippen LogP contribution in [0.4, 0.5) is 0 Å². The van der Waals surface area contributed by atoms with Crippen molar-refractivity contribution >= 4 is 28.6 Å². The first kappa shape index (κ1) is 16.1. The fraction of sp³-hybridized carbons (Fsp3) is 0.429. The van der Waals surface area contributed by atoms with Crippen molar-refractivity contribution < 1.29 is 4.55 Å². The molecule has 0 amide bonds. The predicted octanol–water partition coefficient (Wildman–Crippen LogP) is 3.18. The zero-order chi connectivity index (χ0) is 15.4. The third-order valence-corrected chi connectivity index (χ3v) is 5.34. The maximum Gasteiger partial charge on any atom is 0.173 e. The molecular weight excluding hydrogens is 304 g/mol. The summed E-state index contributed by atoms with van der Waals surface area (Å²) < 4.78 is 20.5. The largest absolute Gasteiger partial charge is 0.591 e. The molecule has 0 radical (unpaired) electrons. The number of aryl methyl sites for hydroxylation is 1. The second-order valence-corrected chi connectivity index (χ2v) is 7.07. The maximum atomic E-state index is 12.0. The number of nitrogens with zero attached hydrogens (tertiary/aromatic N) is 4. The van der Waals surface area contributed by atoms with Gasteiger partial charge in [0.25, 0.3) is 0 Å². The van der Waals surface area contributed by atoms with Gasteiger partial charge in [-0.05, 0) is 50.9 Å². The highest BCUT2D eigenvalue weighted by Crippen LogP contribution is 2.19. The van der Waals surface area contributed by atoms with E-state index in [4.69, 9.17) is 0 Å². The Morgan fingerprint density at radius 2 is 2.29 bits per heavy atom. The van der Waals surface area contributed by atoms with Crippen molar-refractivity contribution in [3.05, 3.63) is 29.0 Å². The van der Waals surface area contributed by atoms with Gasteiger partial charge in [0.2, 0.25) is 0 Å². The molecule has 2 rings (SSSR count). The van der Waals surface area contributed by atoms with E-state index in [9.17, 15) is 4.55 Å². The lowest BCUT2D eigenvalue weighted by atomic mass is 10.2. The quantitative estimate of drug-likeness (QED) is 0.626. The lowest BCUT2D eigenvalue weighted by Gasteiger charge is -2.09. The first-order valence-corrected chi connectivity index (χ1v) is 8.68. The highest BCUT2D eigenvalue weighted by Gasteiger charge is 2.17. The number of aromatic nitrogens is 3. The molecule has 0 saturated carbocycles. The van der Waals surface area contributed by atoms with Crippen LogP contribution in [0.1, 0.15) is 37.9 Å². The molecule has 112 valence electrons. The van der Waals surface area contributed by atoms with Gasteiger partial charge in [0, 0.05) is 17.5 Å². The smallest absolute Gasteiger partial charge is 0.173 e. The van der Waals surface area contributed by atoms with Crippen LogP contribution in [0.3, 0.4) is 0 Å². The summed E-state index contributed by atoms with van der Waals surface area (Å²) in [5.41, 5.74) is 2.52. The molecular formula is C14H18N4OS2. The highest BCUT2D eigenvalue weighted by atomic mass is 32.2. The van der Waals surface area contributed by atoms with Gasteiger partial charge in [0.15, 0.2) is 10.8 Å². The molecule has 0 N–H and O–H groups in total. The molecule has 0 bridgehead atoms. The first-order chi connectivity index (χ1) is 10.0. The minimum Gasteiger partial charge on any atom is -0.591 e. The van der Waals surface area contributed by atoms with Gasteiger partial charge in [0.1, 0.15) is 11.0 Å². The van der Waals surface area contributed by atoms with E-state index in [0.29, 0.717) is 16.5 Å². The maximum absolute atomic E-state index is 12.0. The number of rotatable bonds is 5. The molecule has 0 aliphatic heterocycles. The summed E-state index contributed by atoms with van der Waals surface area (Å²) in [6.07, 6.45) is 2.57. The Labute approximate surface area is 132 Å². The third kappa shape index (κ3) is 4.09. The van der Waals surface area contributed by atoms with Crippen molar-refractivity contribution in [2.75, 3.05) is 0 Å². The van der Waals surface area contributed by atoms with Crippen LogP contribution in [0.5, 0.6) is 0 Å². The van der Waals surface area contributed by atoms with Crippen molar-refractivity contribution in [3.8, 4) is 11.4 Å². The summed E-state index contributed by atoms with van der Waals surface area (Å²) in [7, 11) is 0. The summed E-state index contributed by atoms with van der Waals surface area (Å²) in [4.78, 5) is 8.63. The van der Waals surface area contributed by atoms with Crippen molar-refractivity contribution in [2.45, 2.75) is 39.4 Å². The minimum atomic E-state index is -1.22. The molecule has 7 heteroatoms. The number of hydrogen-bond acceptors (Lipinski definition) is 6. The minimum absolute atomic E-state index is 0.0511. The molecule has 5 nitrogen and oxygen atoms in total. The van der Waals surface area contributed by atoms with E-state index in [1.807, 2.05) is 39.8 Å². The van der Waals surface area contributed by atoms with Gasteiger partial charge in [-0.15, -0.1) is 0 Å². The molecule has 21 heavy (non-hydrogen) atoms. The van der Waals surface area contributed by atoms with E-state index in [1.165, 1.54) is 11.5 Å². The number of hydrogen-bond donors (Lipinski definition) is 0. The zero-order valence-electron chi connectivity index (χ0n) is 12.5. The molecule has 2 aromatic rings. The average molecular weight is 322 g/mol. The van der Waals surface area contributed by atoms with Gasteiger partial charge >= 0.3 is 0 Å². The Morgan fingerprint density at radius 3 is 2.95 bits per heavy atom. The van der Waals surface area contributed by atoms with Crippen LogP contribution in [0.15, 0.2) is 22.7 Å². The van der Waals surface area contributed by atoms with Crippen molar-refractivity contribution in [1.82, 2.24) is 14.3 Å². The van der Waals surface area contributed by atoms with Crippen LogP contribution < -0.4 is 0 Å². The lowest BCUT2D eigenvalue weighted by molar-refractivity contribution is 0.582. The van der Waals surface area contributed by atoms with E-state index >= 15 is 0 Å². The normalized spacial score (nSPS) is 15.0. The Bertz CT molecular complexity index is 641. The SMILES string of the molecule is CCC(C)[S+]([O-])N=C(C)c1nc(-c2ccnc(C)c2)ns1. The van der Waals surface area contributed by atoms with E-state index in [2.05, 4.69) is 18.7 Å². The van der Waals surface area contributed by atoms with Crippen LogP contribution in [-0.4, -0.2) is 29.9 Å². The van der Waals surface area contributed by atoms with Crippen molar-refractivity contribution in [2.24, 2.45) is 4.40 Å². The van der Waals surface area contributed by atoms with Crippen LogP contribution in [0, 0.1) is 6.92 Å². The van der Waals surface area contributed by atoms with Crippen LogP contribution in [-0.2, 0) is 11.4 Å². The average Bonchev–Trinajstić information content (AvgIpc) is 2.96. The van der Waals surface area contributed by atoms with E-state index in [0.717, 1.165) is 17.7 Å². The Morgan fingerprint density at radius 1 is 1.52 bits per heavy atom. The molecule has 0 aliphatic carbocycles. The molecule has 0 aromatic carbocycles. The summed E-state index contributed by atoms with van der Waals surface area (Å²) in [5, 5.41) is 0.756. The second kappa shape index (κ2) is 7.11.